The predicted molar refractivity (Wildman–Crippen MR) is 31.7 cm³/mol. The Morgan fingerprint density at radius 1 is 1.36 bits per heavy atom. The van der Waals surface area contributed by atoms with Crippen LogP contribution in [0.25, 0.3) is 0 Å². The van der Waals surface area contributed by atoms with E-state index in [0.717, 1.165) is 7.11 Å². The van der Waals surface area contributed by atoms with Crippen LogP contribution in [0.5, 0.6) is 5.75 Å². The largest absolute Gasteiger partial charge is 0.491 e. The molecule has 11 heavy (non-hydrogen) atoms. The first kappa shape index (κ1) is 7.91. The Balaban J connectivity index is 3.29. The molecule has 0 unspecified atom stereocenters. The van der Waals surface area contributed by atoms with Gasteiger partial charge in [0.2, 0.25) is 5.82 Å². The van der Waals surface area contributed by atoms with Crippen LogP contribution in [-0.2, 0) is 0 Å². The normalized spacial score (nSPS) is 9.82. The van der Waals surface area contributed by atoms with Gasteiger partial charge >= 0.3 is 0 Å². The van der Waals surface area contributed by atoms with Gasteiger partial charge in [0.15, 0.2) is 17.4 Å². The molecule has 0 aliphatic rings. The summed E-state index contributed by atoms with van der Waals surface area (Å²) in [4.78, 5) is 0. The summed E-state index contributed by atoms with van der Waals surface area (Å²) in [7, 11) is 1.05. The van der Waals surface area contributed by atoms with Crippen LogP contribution in [0.4, 0.5) is 13.2 Å². The van der Waals surface area contributed by atoms with Crippen molar-refractivity contribution in [3.05, 3.63) is 29.6 Å². The molecule has 0 fully saturated rings. The van der Waals surface area contributed by atoms with Crippen LogP contribution in [0.3, 0.4) is 0 Å². The SMILES string of the molecule is COc1c(F)[c]cc(F)c1F. The zero-order valence-corrected chi connectivity index (χ0v) is 5.62. The zero-order chi connectivity index (χ0) is 8.43. The quantitative estimate of drug-likeness (QED) is 0.571. The maximum absolute atomic E-state index is 12.5. The molecule has 59 valence electrons. The van der Waals surface area contributed by atoms with Crippen molar-refractivity contribution in [2.24, 2.45) is 0 Å². The molecule has 4 heteroatoms. The number of hydrogen-bond donors (Lipinski definition) is 0. The minimum Gasteiger partial charge on any atom is -0.491 e. The third-order valence-corrected chi connectivity index (χ3v) is 1.14. The summed E-state index contributed by atoms with van der Waals surface area (Å²) in [5.74, 6) is -4.29. The number of hydrogen-bond acceptors (Lipinski definition) is 1. The molecule has 1 rings (SSSR count). The van der Waals surface area contributed by atoms with Crippen LogP contribution >= 0.6 is 0 Å². The first-order valence-electron chi connectivity index (χ1n) is 2.76. The molecule has 0 spiro atoms. The number of methoxy groups -OCH3 is 1. The third kappa shape index (κ3) is 1.29. The maximum atomic E-state index is 12.5. The van der Waals surface area contributed by atoms with Crippen molar-refractivity contribution >= 4 is 0 Å². The van der Waals surface area contributed by atoms with Crippen molar-refractivity contribution in [2.75, 3.05) is 7.11 Å². The van der Waals surface area contributed by atoms with Crippen molar-refractivity contribution in [1.29, 1.82) is 0 Å². The van der Waals surface area contributed by atoms with E-state index in [2.05, 4.69) is 4.74 Å². The van der Waals surface area contributed by atoms with Gasteiger partial charge in [-0.05, 0) is 6.07 Å². The molecule has 0 aliphatic carbocycles. The summed E-state index contributed by atoms with van der Waals surface area (Å²) in [6, 6.07) is 2.43. The van der Waals surface area contributed by atoms with Gasteiger partial charge in [-0.3, -0.25) is 0 Å². The fraction of sp³-hybridized carbons (Fsp3) is 0.143. The van der Waals surface area contributed by atoms with Gasteiger partial charge in [0.1, 0.15) is 0 Å². The van der Waals surface area contributed by atoms with Crippen LogP contribution < -0.4 is 4.74 Å². The molecule has 1 aromatic carbocycles. The van der Waals surface area contributed by atoms with Crippen molar-refractivity contribution in [3.8, 4) is 5.75 Å². The Hall–Kier alpha value is -1.19. The van der Waals surface area contributed by atoms with E-state index in [1.165, 1.54) is 0 Å². The molecular weight excluding hydrogens is 157 g/mol. The van der Waals surface area contributed by atoms with Gasteiger partial charge in [-0.2, -0.15) is 4.39 Å². The molecule has 0 heterocycles. The lowest BCUT2D eigenvalue weighted by Gasteiger charge is -2.01. The van der Waals surface area contributed by atoms with Gasteiger partial charge in [-0.25, -0.2) is 8.78 Å². The highest BCUT2D eigenvalue weighted by Crippen LogP contribution is 2.22. The van der Waals surface area contributed by atoms with Gasteiger partial charge in [0, 0.05) is 6.07 Å². The Bertz CT molecular complexity index is 273. The average Bonchev–Trinajstić information content (AvgIpc) is 1.99. The van der Waals surface area contributed by atoms with Gasteiger partial charge in [-0.1, -0.05) is 0 Å². The monoisotopic (exact) mass is 161 g/mol. The first-order chi connectivity index (χ1) is 5.16. The highest BCUT2D eigenvalue weighted by molar-refractivity contribution is 5.26. The summed E-state index contributed by atoms with van der Waals surface area (Å²) in [5.41, 5.74) is 0. The molecule has 0 amide bonds. The topological polar surface area (TPSA) is 9.23 Å². The maximum Gasteiger partial charge on any atom is 0.203 e. The highest BCUT2D eigenvalue weighted by Gasteiger charge is 2.13. The molecule has 1 radical (unpaired) electrons. The summed E-state index contributed by atoms with van der Waals surface area (Å²) in [6.07, 6.45) is 0. The van der Waals surface area contributed by atoms with Crippen molar-refractivity contribution in [1.82, 2.24) is 0 Å². The van der Waals surface area contributed by atoms with Crippen molar-refractivity contribution in [2.45, 2.75) is 0 Å². The second-order valence-corrected chi connectivity index (χ2v) is 1.80. The van der Waals surface area contributed by atoms with E-state index in [0.29, 0.717) is 6.07 Å². The van der Waals surface area contributed by atoms with Gasteiger partial charge in [-0.15, -0.1) is 0 Å². The Labute approximate surface area is 61.4 Å². The van der Waals surface area contributed by atoms with E-state index < -0.39 is 23.2 Å². The number of benzene rings is 1. The summed E-state index contributed by atoms with van der Waals surface area (Å²) < 4.78 is 41.5. The van der Waals surface area contributed by atoms with Crippen molar-refractivity contribution < 1.29 is 17.9 Å². The molecule has 0 saturated carbocycles. The van der Waals surface area contributed by atoms with Crippen LogP contribution in [0.2, 0.25) is 0 Å². The van der Waals surface area contributed by atoms with Crippen LogP contribution in [0.1, 0.15) is 0 Å². The number of halogens is 3. The fourth-order valence-corrected chi connectivity index (χ4v) is 0.640. The third-order valence-electron chi connectivity index (χ3n) is 1.14. The van der Waals surface area contributed by atoms with E-state index in [9.17, 15) is 13.2 Å². The number of rotatable bonds is 1. The second kappa shape index (κ2) is 2.82. The molecule has 0 aliphatic heterocycles. The molecule has 0 saturated heterocycles. The van der Waals surface area contributed by atoms with Gasteiger partial charge < -0.3 is 4.74 Å². The summed E-state index contributed by atoms with van der Waals surface area (Å²) in [5, 5.41) is 0. The molecule has 1 aromatic rings. The van der Waals surface area contributed by atoms with E-state index in [1.54, 1.807) is 0 Å². The first-order valence-corrected chi connectivity index (χ1v) is 2.76. The fourth-order valence-electron chi connectivity index (χ4n) is 0.640. The summed E-state index contributed by atoms with van der Waals surface area (Å²) >= 11 is 0. The Kier molecular flexibility index (Phi) is 2.03. The van der Waals surface area contributed by atoms with Crippen LogP contribution in [0.15, 0.2) is 6.07 Å². The molecule has 0 bridgehead atoms. The standard InChI is InChI=1S/C7H4F3O/c1-11-7-5(9)3-2-4(8)6(7)10/h2H,1H3. The van der Waals surface area contributed by atoms with E-state index in [4.69, 9.17) is 0 Å². The zero-order valence-electron chi connectivity index (χ0n) is 5.62. The highest BCUT2D eigenvalue weighted by atomic mass is 19.2. The predicted octanol–water partition coefficient (Wildman–Crippen LogP) is 1.91. The molecular formula is C7H4F3O. The average molecular weight is 161 g/mol. The van der Waals surface area contributed by atoms with E-state index in [1.807, 2.05) is 6.07 Å². The Morgan fingerprint density at radius 2 is 2.00 bits per heavy atom. The minimum atomic E-state index is -1.33. The molecule has 0 atom stereocenters. The molecule has 0 N–H and O–H groups in total. The smallest absolute Gasteiger partial charge is 0.203 e. The Morgan fingerprint density at radius 3 is 2.45 bits per heavy atom. The van der Waals surface area contributed by atoms with Gasteiger partial charge in [0.05, 0.1) is 7.11 Å². The lowest BCUT2D eigenvalue weighted by Crippen LogP contribution is -1.95. The van der Waals surface area contributed by atoms with E-state index in [-0.39, 0.29) is 0 Å². The van der Waals surface area contributed by atoms with Crippen LogP contribution in [0, 0.1) is 23.5 Å². The summed E-state index contributed by atoms with van der Waals surface area (Å²) in [6.45, 7) is 0. The van der Waals surface area contributed by atoms with Crippen molar-refractivity contribution in [3.63, 3.8) is 0 Å². The van der Waals surface area contributed by atoms with E-state index >= 15 is 0 Å². The lowest BCUT2D eigenvalue weighted by molar-refractivity contribution is 0.346. The van der Waals surface area contributed by atoms with Gasteiger partial charge in [0.25, 0.3) is 0 Å². The molecule has 0 aromatic heterocycles. The molecule has 1 nitrogen and oxygen atoms in total. The van der Waals surface area contributed by atoms with Crippen LogP contribution in [-0.4, -0.2) is 7.11 Å². The number of ether oxygens (including phenoxy) is 1. The minimum absolute atomic E-state index is 0.577. The second-order valence-electron chi connectivity index (χ2n) is 1.80. The lowest BCUT2D eigenvalue weighted by atomic mass is 10.3.